The minimum absolute atomic E-state index is 0.301. The number of hydrogen-bond donors (Lipinski definition) is 1. The zero-order valence-electron chi connectivity index (χ0n) is 14.7. The minimum Gasteiger partial charge on any atom is -0.310 e. The topological polar surface area (TPSA) is 27.4 Å². The van der Waals surface area contributed by atoms with E-state index in [-0.39, 0.29) is 0 Å². The van der Waals surface area contributed by atoms with E-state index < -0.39 is 0 Å². The van der Waals surface area contributed by atoms with E-state index in [1.807, 2.05) is 0 Å². The van der Waals surface area contributed by atoms with E-state index in [1.54, 1.807) is 5.57 Å². The molecule has 21 heavy (non-hydrogen) atoms. The Hall–Kier alpha value is -0.700. The number of rotatable bonds is 6. The predicted octanol–water partition coefficient (Wildman–Crippen LogP) is 4.00. The summed E-state index contributed by atoms with van der Waals surface area (Å²) in [5.74, 6) is 0. The molecule has 3 heteroatoms. The van der Waals surface area contributed by atoms with Crippen molar-refractivity contribution in [3.05, 3.63) is 11.6 Å². The van der Waals surface area contributed by atoms with Crippen LogP contribution < -0.4 is 5.32 Å². The highest BCUT2D eigenvalue weighted by atomic mass is 15.3. The molecule has 3 nitrogen and oxygen atoms in total. The lowest BCUT2D eigenvalue weighted by Crippen LogP contribution is -2.35. The van der Waals surface area contributed by atoms with E-state index in [2.05, 4.69) is 50.7 Å². The van der Waals surface area contributed by atoms with E-state index in [1.165, 1.54) is 25.7 Å². The van der Waals surface area contributed by atoms with E-state index >= 15 is 0 Å². The van der Waals surface area contributed by atoms with Gasteiger partial charge < -0.3 is 5.32 Å². The molecule has 120 valence electrons. The van der Waals surface area contributed by atoms with Crippen LogP contribution in [0, 0.1) is 10.8 Å². The normalized spacial score (nSPS) is 25.7. The van der Waals surface area contributed by atoms with Gasteiger partial charge in [0.1, 0.15) is 6.54 Å². The first-order valence-corrected chi connectivity index (χ1v) is 8.76. The van der Waals surface area contributed by atoms with Crippen molar-refractivity contribution in [3.8, 4) is 0 Å². The Labute approximate surface area is 130 Å². The van der Waals surface area contributed by atoms with E-state index in [0.717, 1.165) is 26.2 Å². The number of nitrogens with zero attached hydrogens (tertiary/aromatic N) is 2. The summed E-state index contributed by atoms with van der Waals surface area (Å²) in [7, 11) is 0. The summed E-state index contributed by atoms with van der Waals surface area (Å²) in [5, 5.41) is 8.30. The molecule has 0 amide bonds. The zero-order valence-corrected chi connectivity index (χ0v) is 14.7. The Balaban J connectivity index is 1.89. The molecule has 0 saturated carbocycles. The minimum atomic E-state index is 0.301. The Kier molecular flexibility index (Phi) is 5.24. The summed E-state index contributed by atoms with van der Waals surface area (Å²) >= 11 is 0. The van der Waals surface area contributed by atoms with Crippen LogP contribution in [-0.4, -0.2) is 36.9 Å². The second-order valence-corrected chi connectivity index (χ2v) is 7.77. The highest BCUT2D eigenvalue weighted by molar-refractivity contribution is 5.16. The molecule has 0 bridgehead atoms. The third kappa shape index (κ3) is 3.94. The maximum atomic E-state index is 4.80. The van der Waals surface area contributed by atoms with Crippen molar-refractivity contribution < 1.29 is 4.70 Å². The second kappa shape index (κ2) is 6.60. The van der Waals surface area contributed by atoms with Gasteiger partial charge in [0, 0.05) is 19.0 Å². The fourth-order valence-corrected chi connectivity index (χ4v) is 3.57. The van der Waals surface area contributed by atoms with Gasteiger partial charge >= 0.3 is 0 Å². The van der Waals surface area contributed by atoms with Crippen LogP contribution in [0.5, 0.6) is 0 Å². The first-order valence-electron chi connectivity index (χ1n) is 8.76. The third-order valence-electron chi connectivity index (χ3n) is 5.83. The van der Waals surface area contributed by atoms with Gasteiger partial charge in [-0.2, -0.15) is 0 Å². The van der Waals surface area contributed by atoms with Gasteiger partial charge in [0.05, 0.1) is 5.41 Å². The molecule has 0 fully saturated rings. The quantitative estimate of drug-likeness (QED) is 0.581. The summed E-state index contributed by atoms with van der Waals surface area (Å²) in [4.78, 5) is 0. The Morgan fingerprint density at radius 3 is 2.67 bits per heavy atom. The monoisotopic (exact) mass is 292 g/mol. The van der Waals surface area contributed by atoms with Gasteiger partial charge in [0.2, 0.25) is 0 Å². The fourth-order valence-electron chi connectivity index (χ4n) is 3.57. The Bertz CT molecular complexity index is 416. The van der Waals surface area contributed by atoms with Crippen molar-refractivity contribution in [3.63, 3.8) is 0 Å². The molecule has 1 atom stereocenters. The van der Waals surface area contributed by atoms with Gasteiger partial charge in [-0.1, -0.05) is 39.3 Å². The van der Waals surface area contributed by atoms with Crippen molar-refractivity contribution in [1.82, 2.24) is 5.32 Å². The standard InChI is InChI=1S/C18H34N3/c1-6-18(7-2)13-20-21(14-18)11-9-17(4,5)16-8-10-19-15(3)12-16/h8,15,19H,6-7,9-14H2,1-5H3/q+1. The molecule has 0 radical (unpaired) electrons. The molecule has 1 N–H and O–H groups in total. The predicted molar refractivity (Wildman–Crippen MR) is 88.9 cm³/mol. The lowest BCUT2D eigenvalue weighted by molar-refractivity contribution is -0.589. The summed E-state index contributed by atoms with van der Waals surface area (Å²) in [6.07, 6.45) is 7.31. The molecular formula is C18H34N3+. The third-order valence-corrected chi connectivity index (χ3v) is 5.83. The van der Waals surface area contributed by atoms with Gasteiger partial charge in [-0.05, 0) is 36.7 Å². The first-order chi connectivity index (χ1) is 9.91. The summed E-state index contributed by atoms with van der Waals surface area (Å²) < 4.78 is 2.35. The van der Waals surface area contributed by atoms with Crippen LogP contribution in [-0.2, 0) is 0 Å². The number of nitrogens with one attached hydrogen (secondary N) is 1. The Morgan fingerprint density at radius 2 is 2.10 bits per heavy atom. The molecular weight excluding hydrogens is 258 g/mol. The van der Waals surface area contributed by atoms with Crippen LogP contribution in [0.25, 0.3) is 0 Å². The van der Waals surface area contributed by atoms with Crippen molar-refractivity contribution >= 4 is 0 Å². The molecule has 2 aliphatic rings. The van der Waals surface area contributed by atoms with Crippen molar-refractivity contribution in [2.45, 2.75) is 66.3 Å². The molecule has 0 aromatic heterocycles. The SMILES string of the molecule is CCC1(CC)CN=[N+](CCC(C)(C)C2=CCNC(C)C2)C1. The average Bonchev–Trinajstić information content (AvgIpc) is 2.90. The smallest absolute Gasteiger partial charge is 0.175 e. The molecule has 0 aliphatic carbocycles. The van der Waals surface area contributed by atoms with Gasteiger partial charge in [-0.25, -0.2) is 0 Å². The van der Waals surface area contributed by atoms with E-state index in [4.69, 9.17) is 5.11 Å². The molecule has 2 aliphatic heterocycles. The van der Waals surface area contributed by atoms with Crippen LogP contribution in [0.1, 0.15) is 60.3 Å². The summed E-state index contributed by atoms with van der Waals surface area (Å²) in [5.41, 5.74) is 2.38. The van der Waals surface area contributed by atoms with Gasteiger partial charge in [-0.15, -0.1) is 4.70 Å². The molecule has 0 aromatic carbocycles. The van der Waals surface area contributed by atoms with Crippen LogP contribution >= 0.6 is 0 Å². The fraction of sp³-hybridized carbons (Fsp3) is 0.889. The average molecular weight is 292 g/mol. The number of azo groups is 2. The lowest BCUT2D eigenvalue weighted by atomic mass is 9.77. The van der Waals surface area contributed by atoms with Gasteiger partial charge in [-0.3, -0.25) is 0 Å². The second-order valence-electron chi connectivity index (χ2n) is 7.77. The van der Waals surface area contributed by atoms with Crippen LogP contribution in [0.2, 0.25) is 0 Å². The lowest BCUT2D eigenvalue weighted by Gasteiger charge is -2.32. The van der Waals surface area contributed by atoms with Crippen molar-refractivity contribution in [2.75, 3.05) is 26.2 Å². The van der Waals surface area contributed by atoms with E-state index in [9.17, 15) is 0 Å². The highest BCUT2D eigenvalue weighted by Crippen LogP contribution is 2.36. The molecule has 0 spiro atoms. The van der Waals surface area contributed by atoms with E-state index in [0.29, 0.717) is 16.9 Å². The maximum absolute atomic E-state index is 4.80. The highest BCUT2D eigenvalue weighted by Gasteiger charge is 2.39. The van der Waals surface area contributed by atoms with Crippen molar-refractivity contribution in [2.24, 2.45) is 15.9 Å². The van der Waals surface area contributed by atoms with Crippen LogP contribution in [0.3, 0.4) is 0 Å². The molecule has 0 saturated heterocycles. The molecule has 2 rings (SSSR count). The van der Waals surface area contributed by atoms with Crippen molar-refractivity contribution in [1.29, 1.82) is 0 Å². The van der Waals surface area contributed by atoms with Crippen LogP contribution in [0.15, 0.2) is 16.8 Å². The molecule has 2 heterocycles. The molecule has 1 unspecified atom stereocenters. The summed E-state index contributed by atoms with van der Waals surface area (Å²) in [6, 6.07) is 0.619. The Morgan fingerprint density at radius 1 is 1.38 bits per heavy atom. The largest absolute Gasteiger partial charge is 0.310 e. The first kappa shape index (κ1) is 16.7. The van der Waals surface area contributed by atoms with Crippen LogP contribution in [0.4, 0.5) is 0 Å². The molecule has 0 aromatic rings. The van der Waals surface area contributed by atoms with Gasteiger partial charge in [0.15, 0.2) is 13.1 Å². The number of hydrogen-bond acceptors (Lipinski definition) is 2. The maximum Gasteiger partial charge on any atom is 0.175 e. The summed E-state index contributed by atoms with van der Waals surface area (Å²) in [6.45, 7) is 16.0. The van der Waals surface area contributed by atoms with Gasteiger partial charge in [0.25, 0.3) is 0 Å². The zero-order chi connectivity index (χ0) is 15.5.